The summed E-state index contributed by atoms with van der Waals surface area (Å²) in [5, 5.41) is 22.0. The number of hydrogen-bond acceptors (Lipinski definition) is 7. The van der Waals surface area contributed by atoms with Gasteiger partial charge in [-0.05, 0) is 54.0 Å². The van der Waals surface area contributed by atoms with Crippen LogP contribution in [0.15, 0.2) is 67.5 Å². The third-order valence-corrected chi connectivity index (χ3v) is 9.04. The minimum absolute atomic E-state index is 0.0878. The lowest BCUT2D eigenvalue weighted by molar-refractivity contribution is -0.164. The van der Waals surface area contributed by atoms with Gasteiger partial charge in [0.25, 0.3) is 5.91 Å². The number of carbonyl (C=O) groups excluding carboxylic acids is 2. The number of nitrogens with one attached hydrogen (secondary N) is 3. The molecular formula is C32H31ClF5N9O3. The van der Waals surface area contributed by atoms with Crippen LogP contribution < -0.4 is 10.6 Å². The summed E-state index contributed by atoms with van der Waals surface area (Å²) in [6, 6.07) is 10.00. The second kappa shape index (κ2) is 13.0. The molecule has 3 heterocycles. The van der Waals surface area contributed by atoms with Gasteiger partial charge in [-0.3, -0.25) is 15.1 Å². The Bertz CT molecular complexity index is 1900. The van der Waals surface area contributed by atoms with Crippen LogP contribution in [-0.4, -0.2) is 65.7 Å². The second-order valence-corrected chi connectivity index (χ2v) is 13.0. The van der Waals surface area contributed by atoms with Crippen LogP contribution in [0, 0.1) is 11.3 Å². The summed E-state index contributed by atoms with van der Waals surface area (Å²) in [5.41, 5.74) is -1.75. The Morgan fingerprint density at radius 2 is 1.84 bits per heavy atom. The predicted molar refractivity (Wildman–Crippen MR) is 169 cm³/mol. The molecule has 1 saturated carbocycles. The first-order valence-corrected chi connectivity index (χ1v) is 15.8. The van der Waals surface area contributed by atoms with Gasteiger partial charge in [0.15, 0.2) is 5.96 Å². The highest BCUT2D eigenvalue weighted by molar-refractivity contribution is 6.32. The van der Waals surface area contributed by atoms with Crippen LogP contribution >= 0.6 is 11.6 Å². The maximum atomic E-state index is 14.7. The van der Waals surface area contributed by atoms with Gasteiger partial charge in [0, 0.05) is 11.8 Å². The molecule has 0 radical (unpaired) electrons. The number of ether oxygens (including phenoxy) is 1. The summed E-state index contributed by atoms with van der Waals surface area (Å²) in [6.07, 6.45) is -1.24. The summed E-state index contributed by atoms with van der Waals surface area (Å²) >= 11 is 6.45. The molecule has 3 N–H and O–H groups in total. The van der Waals surface area contributed by atoms with Crippen LogP contribution in [0.1, 0.15) is 56.8 Å². The van der Waals surface area contributed by atoms with E-state index in [9.17, 15) is 31.5 Å². The molecule has 0 spiro atoms. The van der Waals surface area contributed by atoms with Crippen LogP contribution in [0.5, 0.6) is 0 Å². The van der Waals surface area contributed by atoms with Crippen LogP contribution in [0.2, 0.25) is 5.02 Å². The molecule has 0 bridgehead atoms. The molecule has 2 aromatic carbocycles. The zero-order valence-electron chi connectivity index (χ0n) is 26.6. The van der Waals surface area contributed by atoms with E-state index in [1.807, 2.05) is 19.2 Å². The first-order valence-electron chi connectivity index (χ1n) is 15.4. The van der Waals surface area contributed by atoms with E-state index in [-0.39, 0.29) is 36.2 Å². The molecule has 1 saturated heterocycles. The number of amides is 2. The zero-order chi connectivity index (χ0) is 36.0. The number of halogens is 6. The van der Waals surface area contributed by atoms with Gasteiger partial charge in [-0.25, -0.2) is 19.1 Å². The van der Waals surface area contributed by atoms with Crippen LogP contribution in [0.4, 0.5) is 26.7 Å². The fourth-order valence-corrected chi connectivity index (χ4v) is 6.29. The molecule has 1 aliphatic heterocycles. The van der Waals surface area contributed by atoms with Crippen molar-refractivity contribution < 1.29 is 36.3 Å². The van der Waals surface area contributed by atoms with Crippen LogP contribution in [-0.2, 0) is 15.1 Å². The Morgan fingerprint density at radius 3 is 2.42 bits per heavy atom. The molecule has 2 aromatic heterocycles. The largest absolute Gasteiger partial charge is 0.447 e. The fourth-order valence-electron chi connectivity index (χ4n) is 6.08. The van der Waals surface area contributed by atoms with E-state index >= 15 is 0 Å². The van der Waals surface area contributed by atoms with Gasteiger partial charge in [-0.2, -0.15) is 32.1 Å². The van der Waals surface area contributed by atoms with E-state index < -0.39 is 48.5 Å². The lowest BCUT2D eigenvalue weighted by Gasteiger charge is -2.32. The number of alkyl carbamates (subject to hydrolysis) is 1. The maximum absolute atomic E-state index is 14.7. The SMILES string of the molecule is CC(C)C[C@]1(c2ccc(-c3cnn(C(F)F)c3)cc2)NC(=N)N([C@H](COC(=O)NC2(C(F)(F)F)CC2)c2ccc(Cl)c(-n3cncn3)c2)C1=O. The topological polar surface area (TPSA) is 143 Å². The first-order chi connectivity index (χ1) is 23.6. The van der Waals surface area contributed by atoms with Crippen molar-refractivity contribution in [2.45, 2.75) is 63.0 Å². The van der Waals surface area contributed by atoms with Gasteiger partial charge in [-0.1, -0.05) is 55.8 Å². The fraction of sp³-hybridized carbons (Fsp3) is 0.375. The number of benzene rings is 2. The number of alkyl halides is 5. The van der Waals surface area contributed by atoms with Gasteiger partial charge in [0.1, 0.15) is 30.3 Å². The van der Waals surface area contributed by atoms with E-state index in [0.29, 0.717) is 32.6 Å². The minimum Gasteiger partial charge on any atom is -0.447 e. The maximum Gasteiger partial charge on any atom is 0.411 e. The van der Waals surface area contributed by atoms with Crippen molar-refractivity contribution in [3.8, 4) is 16.8 Å². The van der Waals surface area contributed by atoms with Crippen molar-refractivity contribution in [2.24, 2.45) is 5.92 Å². The summed E-state index contributed by atoms with van der Waals surface area (Å²) in [4.78, 5) is 32.5. The summed E-state index contributed by atoms with van der Waals surface area (Å²) in [7, 11) is 0. The van der Waals surface area contributed by atoms with Gasteiger partial charge >= 0.3 is 18.8 Å². The smallest absolute Gasteiger partial charge is 0.411 e. The molecule has 18 heteroatoms. The molecule has 50 heavy (non-hydrogen) atoms. The van der Waals surface area contributed by atoms with E-state index in [1.54, 1.807) is 36.4 Å². The number of nitrogens with zero attached hydrogens (tertiary/aromatic N) is 6. The molecule has 2 aliphatic rings. The third-order valence-electron chi connectivity index (χ3n) is 8.72. The normalized spacial score (nSPS) is 19.2. The molecular weight excluding hydrogens is 689 g/mol. The molecule has 2 atom stereocenters. The molecule has 6 rings (SSSR count). The monoisotopic (exact) mass is 719 g/mol. The highest BCUT2D eigenvalue weighted by Crippen LogP contribution is 2.49. The average Bonchev–Trinajstić information content (AvgIpc) is 3.38. The Hall–Kier alpha value is -5.06. The van der Waals surface area contributed by atoms with Crippen molar-refractivity contribution >= 4 is 29.6 Å². The average molecular weight is 720 g/mol. The van der Waals surface area contributed by atoms with Crippen molar-refractivity contribution in [3.05, 3.63) is 83.7 Å². The van der Waals surface area contributed by atoms with Gasteiger partial charge in [0.2, 0.25) is 0 Å². The Morgan fingerprint density at radius 1 is 1.12 bits per heavy atom. The van der Waals surface area contributed by atoms with Gasteiger partial charge < -0.3 is 15.4 Å². The summed E-state index contributed by atoms with van der Waals surface area (Å²) in [6.45, 7) is 0.335. The number of hydrogen-bond donors (Lipinski definition) is 3. The van der Waals surface area contributed by atoms with E-state index in [0.717, 1.165) is 4.90 Å². The number of rotatable bonds is 11. The summed E-state index contributed by atoms with van der Waals surface area (Å²) in [5.74, 6) is -1.02. The first kappa shape index (κ1) is 34.8. The Labute approximate surface area is 287 Å². The van der Waals surface area contributed by atoms with E-state index in [2.05, 4.69) is 20.5 Å². The molecule has 0 unspecified atom stereocenters. The van der Waals surface area contributed by atoms with Crippen LogP contribution in [0.3, 0.4) is 0 Å². The molecule has 12 nitrogen and oxygen atoms in total. The number of aromatic nitrogens is 5. The third kappa shape index (κ3) is 6.48. The number of carbonyl (C=O) groups is 2. The lowest BCUT2D eigenvalue weighted by Crippen LogP contribution is -2.49. The summed E-state index contributed by atoms with van der Waals surface area (Å²) < 4.78 is 74.2. The predicted octanol–water partition coefficient (Wildman–Crippen LogP) is 6.35. The molecule has 264 valence electrons. The van der Waals surface area contributed by atoms with Crippen LogP contribution in [0.25, 0.3) is 16.8 Å². The zero-order valence-corrected chi connectivity index (χ0v) is 27.3. The van der Waals surface area contributed by atoms with Gasteiger partial charge in [-0.15, -0.1) is 0 Å². The standard InChI is InChI=1S/C32H31ClF5N9O3/c1-18(2)12-31(22-6-3-19(4-7-22)21-13-41-45(14-21)27(34)35)26(48)47(28(39)43-31)25(15-50-29(49)44-30(9-10-30)32(36,37)38)20-5-8-23(33)24(11-20)46-17-40-16-42-46/h3-8,11,13-14,16-18,25,27H,9-10,12,15H2,1-2H3,(H2,39,43)(H,44,49)/t25-,31-/m1/s1. The Balaban J connectivity index is 1.35. The highest BCUT2D eigenvalue weighted by Gasteiger charge is 2.64. The minimum atomic E-state index is -4.68. The second-order valence-electron chi connectivity index (χ2n) is 12.6. The molecule has 1 aliphatic carbocycles. The van der Waals surface area contributed by atoms with Crippen molar-refractivity contribution in [1.29, 1.82) is 5.41 Å². The van der Waals surface area contributed by atoms with E-state index in [1.165, 1.54) is 35.8 Å². The highest BCUT2D eigenvalue weighted by atomic mass is 35.5. The molecule has 4 aromatic rings. The molecule has 2 fully saturated rings. The van der Waals surface area contributed by atoms with Crippen molar-refractivity contribution in [1.82, 2.24) is 40.1 Å². The van der Waals surface area contributed by atoms with Crippen molar-refractivity contribution in [3.63, 3.8) is 0 Å². The quantitative estimate of drug-likeness (QED) is 0.153. The Kier molecular flexibility index (Phi) is 9.05. The molecule has 2 amide bonds. The van der Waals surface area contributed by atoms with E-state index in [4.69, 9.17) is 21.7 Å². The lowest BCUT2D eigenvalue weighted by atomic mass is 9.81. The van der Waals surface area contributed by atoms with Gasteiger partial charge in [0.05, 0.1) is 22.9 Å². The van der Waals surface area contributed by atoms with Crippen molar-refractivity contribution in [2.75, 3.05) is 6.61 Å². The number of guanidine groups is 1.